The molecule has 0 atom stereocenters. The average molecular weight is 438 g/mol. The van der Waals surface area contributed by atoms with E-state index >= 15 is 0 Å². The number of nitrogen functional groups attached to an aromatic ring is 1. The Morgan fingerprint density at radius 3 is 2.35 bits per heavy atom. The van der Waals surface area contributed by atoms with Gasteiger partial charge in [-0.1, -0.05) is 6.07 Å². The summed E-state index contributed by atoms with van der Waals surface area (Å²) >= 11 is 0. The zero-order chi connectivity index (χ0) is 21.6. The normalized spacial score (nSPS) is 10.7. The number of nitrogens with two attached hydrogens (primary N) is 1. The van der Waals surface area contributed by atoms with Crippen LogP contribution in [0.2, 0.25) is 0 Å². The molecule has 2 aromatic rings. The lowest BCUT2D eigenvalue weighted by Gasteiger charge is -2.19. The first-order valence-electron chi connectivity index (χ1n) is 9.57. The molecule has 4 rings (SSSR count). The summed E-state index contributed by atoms with van der Waals surface area (Å²) in [5.74, 6) is -0.331. The maximum Gasteiger partial charge on any atom is 0.336 e. The largest absolute Gasteiger partial charge is 1.00 e. The summed E-state index contributed by atoms with van der Waals surface area (Å²) in [6.45, 7) is 0. The van der Waals surface area contributed by atoms with E-state index in [0.29, 0.717) is 22.6 Å². The molecule has 6 nitrogen and oxygen atoms in total. The van der Waals surface area contributed by atoms with Gasteiger partial charge in [-0.05, 0) is 35.9 Å². The van der Waals surface area contributed by atoms with Gasteiger partial charge in [-0.15, -0.1) is 0 Å². The number of carboxylic acids is 1. The molecule has 0 radical (unpaired) electrons. The number of rotatable bonds is 3. The van der Waals surface area contributed by atoms with Gasteiger partial charge in [0.1, 0.15) is 25.4 Å². The molecule has 0 saturated carbocycles. The number of hydrogen-bond donors (Lipinski definition) is 2. The van der Waals surface area contributed by atoms with Crippen molar-refractivity contribution in [1.29, 1.82) is 0 Å². The summed E-state index contributed by atoms with van der Waals surface area (Å²) in [6.07, 6.45) is 0. The number of hydrogen-bond acceptors (Lipinski definition) is 4. The molecule has 0 spiro atoms. The van der Waals surface area contributed by atoms with Gasteiger partial charge in [0, 0.05) is 54.1 Å². The molecule has 2 aromatic carbocycles. The number of nitrogens with zero attached hydrogens (tertiary/aromatic N) is 2. The SMILES string of the molecule is CN(C)c1ccc2c(-c3ccc(N)cc3C(=O)O)c3ccc(=[N+](C)C)cc-3oc2c1.[Cl-]. The fourth-order valence-corrected chi connectivity index (χ4v) is 3.67. The van der Waals surface area contributed by atoms with Gasteiger partial charge < -0.3 is 32.6 Å². The van der Waals surface area contributed by atoms with Crippen LogP contribution in [0.15, 0.2) is 59.0 Å². The van der Waals surface area contributed by atoms with Crippen molar-refractivity contribution in [3.05, 3.63) is 65.5 Å². The number of halogens is 1. The Labute approximate surface area is 186 Å². The molecule has 3 N–H and O–H groups in total. The van der Waals surface area contributed by atoms with Gasteiger partial charge in [0.15, 0.2) is 0 Å². The van der Waals surface area contributed by atoms with E-state index in [1.807, 2.05) is 74.1 Å². The van der Waals surface area contributed by atoms with E-state index < -0.39 is 5.97 Å². The first-order valence-corrected chi connectivity index (χ1v) is 9.57. The Bertz CT molecular complexity index is 1340. The van der Waals surface area contributed by atoms with Gasteiger partial charge in [0.05, 0.1) is 11.6 Å². The van der Waals surface area contributed by atoms with Crippen LogP contribution >= 0.6 is 0 Å². The predicted octanol–water partition coefficient (Wildman–Crippen LogP) is 0.587. The first-order chi connectivity index (χ1) is 14.3. The van der Waals surface area contributed by atoms with E-state index in [-0.39, 0.29) is 18.0 Å². The van der Waals surface area contributed by atoms with Crippen LogP contribution in [0.3, 0.4) is 0 Å². The van der Waals surface area contributed by atoms with Crippen molar-refractivity contribution in [2.45, 2.75) is 0 Å². The third-order valence-corrected chi connectivity index (χ3v) is 5.27. The second kappa shape index (κ2) is 8.32. The topological polar surface area (TPSA) is 82.7 Å². The smallest absolute Gasteiger partial charge is 0.336 e. The Balaban J connectivity index is 0.00000272. The van der Waals surface area contributed by atoms with E-state index in [1.165, 1.54) is 6.07 Å². The molecular formula is C24H24ClN3O3. The summed E-state index contributed by atoms with van der Waals surface area (Å²) in [5.41, 5.74) is 10.4. The van der Waals surface area contributed by atoms with Crippen LogP contribution in [0.5, 0.6) is 0 Å². The van der Waals surface area contributed by atoms with Crippen molar-refractivity contribution in [2.24, 2.45) is 0 Å². The number of anilines is 2. The van der Waals surface area contributed by atoms with E-state index in [2.05, 4.69) is 0 Å². The molecular weight excluding hydrogens is 414 g/mol. The molecule has 7 heteroatoms. The first kappa shape index (κ1) is 22.2. The van der Waals surface area contributed by atoms with E-state index in [1.54, 1.807) is 12.1 Å². The number of benzene rings is 3. The highest BCUT2D eigenvalue weighted by Gasteiger charge is 2.22. The van der Waals surface area contributed by atoms with Gasteiger partial charge in [0.2, 0.25) is 5.36 Å². The Morgan fingerprint density at radius 2 is 1.71 bits per heavy atom. The summed E-state index contributed by atoms with van der Waals surface area (Å²) < 4.78 is 8.29. The predicted molar refractivity (Wildman–Crippen MR) is 121 cm³/mol. The minimum Gasteiger partial charge on any atom is -1.00 e. The van der Waals surface area contributed by atoms with Gasteiger partial charge in [-0.3, -0.25) is 0 Å². The number of carboxylic acid groups (broad SMARTS) is 1. The van der Waals surface area contributed by atoms with Crippen LogP contribution < -0.4 is 33.0 Å². The Morgan fingerprint density at radius 1 is 1.00 bits per heavy atom. The molecule has 0 saturated heterocycles. The highest BCUT2D eigenvalue weighted by molar-refractivity contribution is 6.08. The van der Waals surface area contributed by atoms with Crippen LogP contribution in [0.4, 0.5) is 11.4 Å². The summed E-state index contributed by atoms with van der Waals surface area (Å²) in [6, 6.07) is 16.9. The fraction of sp³-hybridized carbons (Fsp3) is 0.167. The Kier molecular flexibility index (Phi) is 5.95. The average Bonchev–Trinajstić information content (AvgIpc) is 2.71. The second-order valence-corrected chi connectivity index (χ2v) is 7.74. The van der Waals surface area contributed by atoms with Crippen molar-refractivity contribution in [2.75, 3.05) is 38.8 Å². The lowest BCUT2D eigenvalue weighted by molar-refractivity contribution is -0.0000221. The maximum atomic E-state index is 12.0. The fourth-order valence-electron chi connectivity index (χ4n) is 3.67. The molecule has 2 aliphatic rings. The van der Waals surface area contributed by atoms with Crippen molar-refractivity contribution < 1.29 is 26.7 Å². The zero-order valence-electron chi connectivity index (χ0n) is 17.8. The van der Waals surface area contributed by atoms with Crippen molar-refractivity contribution in [1.82, 2.24) is 4.58 Å². The quantitative estimate of drug-likeness (QED) is 0.278. The minimum atomic E-state index is -1.02. The highest BCUT2D eigenvalue weighted by atomic mass is 35.5. The third kappa shape index (κ3) is 3.94. The molecule has 160 valence electrons. The van der Waals surface area contributed by atoms with Crippen LogP contribution in [0.25, 0.3) is 33.4 Å². The van der Waals surface area contributed by atoms with Gasteiger partial charge in [0.25, 0.3) is 0 Å². The maximum absolute atomic E-state index is 12.0. The Hall–Kier alpha value is -3.51. The second-order valence-electron chi connectivity index (χ2n) is 7.74. The molecule has 1 heterocycles. The van der Waals surface area contributed by atoms with Gasteiger partial charge in [-0.25, -0.2) is 9.37 Å². The monoisotopic (exact) mass is 437 g/mol. The molecule has 0 aromatic heterocycles. The minimum absolute atomic E-state index is 0. The number of carbonyl (C=O) groups is 1. The zero-order valence-corrected chi connectivity index (χ0v) is 18.6. The van der Waals surface area contributed by atoms with Crippen LogP contribution in [-0.4, -0.2) is 39.3 Å². The molecule has 31 heavy (non-hydrogen) atoms. The molecule has 0 fully saturated rings. The summed E-state index contributed by atoms with van der Waals surface area (Å²) in [7, 11) is 7.87. The third-order valence-electron chi connectivity index (χ3n) is 5.27. The van der Waals surface area contributed by atoms with Crippen LogP contribution in [0, 0.1) is 0 Å². The molecule has 0 unspecified atom stereocenters. The van der Waals surface area contributed by atoms with Crippen molar-refractivity contribution in [3.8, 4) is 22.5 Å². The van der Waals surface area contributed by atoms with Crippen LogP contribution in [0.1, 0.15) is 10.4 Å². The molecule has 0 amide bonds. The summed E-state index contributed by atoms with van der Waals surface area (Å²) in [4.78, 5) is 14.0. The molecule has 0 bridgehead atoms. The molecule has 1 aliphatic heterocycles. The lowest BCUT2D eigenvalue weighted by atomic mass is 9.90. The lowest BCUT2D eigenvalue weighted by Crippen LogP contribution is -3.00. The standard InChI is InChI=1S/C24H23N3O3.ClH/c1-26(2)15-6-9-18-21(12-15)30-22-13-16(27(3)4)7-10-19(22)23(18)17-8-5-14(25)11-20(17)24(28)29;/h5-13,25H,1-4H3,(H,28,29);1H. The van der Waals surface area contributed by atoms with Gasteiger partial charge in [-0.2, -0.15) is 0 Å². The summed E-state index contributed by atoms with van der Waals surface area (Å²) in [5, 5.41) is 11.7. The van der Waals surface area contributed by atoms with E-state index in [4.69, 9.17) is 10.2 Å². The highest BCUT2D eigenvalue weighted by Crippen LogP contribution is 2.42. The van der Waals surface area contributed by atoms with E-state index in [0.717, 1.165) is 27.6 Å². The van der Waals surface area contributed by atoms with E-state index in [9.17, 15) is 9.90 Å². The van der Waals surface area contributed by atoms with Gasteiger partial charge >= 0.3 is 5.97 Å². The number of aromatic carboxylic acids is 1. The van der Waals surface area contributed by atoms with Crippen molar-refractivity contribution in [3.63, 3.8) is 0 Å². The molecule has 1 aliphatic carbocycles. The van der Waals surface area contributed by atoms with Crippen molar-refractivity contribution >= 4 is 28.3 Å². The number of fused-ring (bicyclic) bond motifs is 2. The van der Waals surface area contributed by atoms with Crippen LogP contribution in [-0.2, 0) is 0 Å².